The van der Waals surface area contributed by atoms with Gasteiger partial charge in [0.25, 0.3) is 0 Å². The van der Waals surface area contributed by atoms with E-state index in [0.717, 1.165) is 28.5 Å². The molecule has 0 aliphatic rings. The van der Waals surface area contributed by atoms with E-state index in [2.05, 4.69) is 32.0 Å². The molecule has 2 aromatic heterocycles. The lowest BCUT2D eigenvalue weighted by Gasteiger charge is -2.09. The molecule has 4 aromatic rings. The van der Waals surface area contributed by atoms with Crippen LogP contribution in [0.3, 0.4) is 0 Å². The topological polar surface area (TPSA) is 83.2 Å². The van der Waals surface area contributed by atoms with Gasteiger partial charge in [-0.25, -0.2) is 0 Å². The first-order valence-corrected chi connectivity index (χ1v) is 8.74. The van der Waals surface area contributed by atoms with Crippen LogP contribution in [0.4, 0.5) is 5.82 Å². The third-order valence-corrected chi connectivity index (χ3v) is 4.55. The van der Waals surface area contributed by atoms with Crippen molar-refractivity contribution in [3.8, 4) is 23.0 Å². The Balaban J connectivity index is 1.52. The molecular formula is C21H20N4O2. The van der Waals surface area contributed by atoms with Gasteiger partial charge in [0, 0.05) is 42.3 Å². The lowest BCUT2D eigenvalue weighted by molar-refractivity contribution is 0.432. The summed E-state index contributed by atoms with van der Waals surface area (Å²) < 4.78 is 2.06. The van der Waals surface area contributed by atoms with Crippen molar-refractivity contribution < 1.29 is 10.2 Å². The highest BCUT2D eigenvalue weighted by Gasteiger charge is 2.08. The molecule has 2 heterocycles. The zero-order valence-corrected chi connectivity index (χ0v) is 14.9. The van der Waals surface area contributed by atoms with Crippen LogP contribution in [0.2, 0.25) is 0 Å². The van der Waals surface area contributed by atoms with Crippen molar-refractivity contribution >= 4 is 16.7 Å². The summed E-state index contributed by atoms with van der Waals surface area (Å²) in [4.78, 5) is 8.22. The van der Waals surface area contributed by atoms with Gasteiger partial charge in [0.2, 0.25) is 0 Å². The van der Waals surface area contributed by atoms with Gasteiger partial charge in [-0.3, -0.25) is 0 Å². The molecule has 0 saturated heterocycles. The molecule has 0 aliphatic carbocycles. The number of nitrogens with one attached hydrogen (secondary N) is 1. The molecule has 2 aromatic carbocycles. The van der Waals surface area contributed by atoms with E-state index < -0.39 is 0 Å². The number of hydrogen-bond acceptors (Lipinski definition) is 5. The van der Waals surface area contributed by atoms with E-state index in [4.69, 9.17) is 0 Å². The first-order valence-electron chi connectivity index (χ1n) is 8.74. The Morgan fingerprint density at radius 2 is 1.78 bits per heavy atom. The van der Waals surface area contributed by atoms with Gasteiger partial charge in [-0.05, 0) is 42.3 Å². The summed E-state index contributed by atoms with van der Waals surface area (Å²) in [6.45, 7) is 0.651. The Morgan fingerprint density at radius 3 is 2.59 bits per heavy atom. The van der Waals surface area contributed by atoms with Gasteiger partial charge < -0.3 is 20.1 Å². The number of nitrogens with zero attached hydrogens (tertiary/aromatic N) is 3. The van der Waals surface area contributed by atoms with Crippen molar-refractivity contribution in [2.75, 3.05) is 11.9 Å². The van der Waals surface area contributed by atoms with Crippen molar-refractivity contribution in [2.24, 2.45) is 7.05 Å². The molecule has 0 radical (unpaired) electrons. The summed E-state index contributed by atoms with van der Waals surface area (Å²) in [6.07, 6.45) is 2.79. The number of hydrogen-bond donors (Lipinski definition) is 3. The number of benzene rings is 2. The molecule has 6 nitrogen and oxygen atoms in total. The van der Waals surface area contributed by atoms with E-state index in [1.165, 1.54) is 0 Å². The monoisotopic (exact) mass is 360 g/mol. The van der Waals surface area contributed by atoms with E-state index in [9.17, 15) is 10.2 Å². The third-order valence-electron chi connectivity index (χ3n) is 4.55. The van der Waals surface area contributed by atoms with Crippen molar-refractivity contribution in [3.63, 3.8) is 0 Å². The number of aromatic hydroxyl groups is 2. The molecule has 0 atom stereocenters. The number of aromatic nitrogens is 3. The number of phenols is 1. The van der Waals surface area contributed by atoms with Crippen molar-refractivity contribution in [1.29, 1.82) is 0 Å². The molecule has 3 N–H and O–H groups in total. The van der Waals surface area contributed by atoms with Gasteiger partial charge in [-0.2, -0.15) is 9.97 Å². The van der Waals surface area contributed by atoms with E-state index in [-0.39, 0.29) is 11.8 Å². The minimum absolute atomic E-state index is 0.257. The first kappa shape index (κ1) is 16.9. The largest absolute Gasteiger partial charge is 0.508 e. The van der Waals surface area contributed by atoms with Crippen LogP contribution < -0.4 is 5.32 Å². The minimum Gasteiger partial charge on any atom is -0.508 e. The number of aryl methyl sites for hydroxylation is 1. The highest BCUT2D eigenvalue weighted by atomic mass is 16.3. The van der Waals surface area contributed by atoms with Crippen molar-refractivity contribution in [3.05, 3.63) is 66.4 Å². The van der Waals surface area contributed by atoms with Crippen LogP contribution in [0.25, 0.3) is 22.2 Å². The second kappa shape index (κ2) is 6.99. The molecule has 136 valence electrons. The lowest BCUT2D eigenvalue weighted by atomic mass is 10.1. The van der Waals surface area contributed by atoms with Crippen LogP contribution >= 0.6 is 0 Å². The Kier molecular flexibility index (Phi) is 4.38. The number of fused-ring (bicyclic) bond motifs is 1. The number of anilines is 1. The molecule has 0 unspecified atom stereocenters. The quantitative estimate of drug-likeness (QED) is 0.505. The van der Waals surface area contributed by atoms with Crippen LogP contribution in [0.1, 0.15) is 5.56 Å². The van der Waals surface area contributed by atoms with Crippen LogP contribution in [-0.4, -0.2) is 31.3 Å². The van der Waals surface area contributed by atoms with Crippen LogP contribution in [0.15, 0.2) is 60.8 Å². The standard InChI is InChI=1S/C21H20N4O2/c1-25-11-9-16-12-15(4-7-19(16)25)18-13-20(24-21(27)23-18)22-10-8-14-2-5-17(26)6-3-14/h2-7,9,11-13,26H,8,10H2,1H3,(H2,22,23,24,27). The van der Waals surface area contributed by atoms with Crippen molar-refractivity contribution in [2.45, 2.75) is 6.42 Å². The molecule has 0 amide bonds. The fraction of sp³-hybridized carbons (Fsp3) is 0.143. The smallest absolute Gasteiger partial charge is 0.316 e. The summed E-state index contributed by atoms with van der Waals surface area (Å²) in [6, 6.07) is 16.8. The third kappa shape index (κ3) is 3.69. The van der Waals surface area contributed by atoms with Crippen LogP contribution in [-0.2, 0) is 13.5 Å². The zero-order chi connectivity index (χ0) is 18.8. The maximum Gasteiger partial charge on any atom is 0.316 e. The maximum absolute atomic E-state index is 9.93. The average Bonchev–Trinajstić information content (AvgIpc) is 3.03. The first-order chi connectivity index (χ1) is 13.1. The number of rotatable bonds is 5. The summed E-state index contributed by atoms with van der Waals surface area (Å²) >= 11 is 0. The Morgan fingerprint density at radius 1 is 0.963 bits per heavy atom. The second-order valence-corrected chi connectivity index (χ2v) is 6.48. The maximum atomic E-state index is 9.93. The van der Waals surface area contributed by atoms with Gasteiger partial charge >= 0.3 is 6.01 Å². The van der Waals surface area contributed by atoms with Gasteiger partial charge in [0.15, 0.2) is 0 Å². The fourth-order valence-corrected chi connectivity index (χ4v) is 3.11. The molecule has 0 aliphatic heterocycles. The van der Waals surface area contributed by atoms with Gasteiger partial charge in [-0.1, -0.05) is 18.2 Å². The summed E-state index contributed by atoms with van der Waals surface area (Å²) in [5.41, 5.74) is 3.84. The van der Waals surface area contributed by atoms with Crippen LogP contribution in [0, 0.1) is 0 Å². The average molecular weight is 360 g/mol. The normalized spacial score (nSPS) is 11.0. The zero-order valence-electron chi connectivity index (χ0n) is 14.9. The van der Waals surface area contributed by atoms with E-state index >= 15 is 0 Å². The van der Waals surface area contributed by atoms with Crippen molar-refractivity contribution in [1.82, 2.24) is 14.5 Å². The van der Waals surface area contributed by atoms with E-state index in [1.54, 1.807) is 12.1 Å². The SMILES string of the molecule is Cn1ccc2cc(-c3cc(NCCc4ccc(O)cc4)nc(O)n3)ccc21. The highest BCUT2D eigenvalue weighted by Crippen LogP contribution is 2.26. The van der Waals surface area contributed by atoms with Gasteiger partial charge in [0.05, 0.1) is 5.69 Å². The highest BCUT2D eigenvalue weighted by molar-refractivity contribution is 5.85. The molecular weight excluding hydrogens is 340 g/mol. The summed E-state index contributed by atoms with van der Waals surface area (Å²) in [7, 11) is 2.01. The molecule has 27 heavy (non-hydrogen) atoms. The van der Waals surface area contributed by atoms with Crippen LogP contribution in [0.5, 0.6) is 11.8 Å². The Labute approximate surface area is 156 Å². The Hall–Kier alpha value is -3.54. The van der Waals surface area contributed by atoms with E-state index in [0.29, 0.717) is 18.1 Å². The molecule has 4 rings (SSSR count). The second-order valence-electron chi connectivity index (χ2n) is 6.48. The van der Waals surface area contributed by atoms with Gasteiger partial charge in [0.1, 0.15) is 11.6 Å². The number of phenolic OH excluding ortho intramolecular Hbond substituents is 1. The Bertz CT molecular complexity index is 1090. The summed E-state index contributed by atoms with van der Waals surface area (Å²) in [5.74, 6) is 0.830. The predicted molar refractivity (Wildman–Crippen MR) is 106 cm³/mol. The predicted octanol–water partition coefficient (Wildman–Crippen LogP) is 3.70. The molecule has 0 bridgehead atoms. The molecule has 0 spiro atoms. The molecule has 6 heteroatoms. The lowest BCUT2D eigenvalue weighted by Crippen LogP contribution is -2.07. The van der Waals surface area contributed by atoms with Gasteiger partial charge in [-0.15, -0.1) is 0 Å². The minimum atomic E-state index is -0.257. The van der Waals surface area contributed by atoms with E-state index in [1.807, 2.05) is 43.6 Å². The molecule has 0 saturated carbocycles. The fourth-order valence-electron chi connectivity index (χ4n) is 3.11. The summed E-state index contributed by atoms with van der Waals surface area (Å²) in [5, 5.41) is 23.6. The molecule has 0 fully saturated rings.